The van der Waals surface area contributed by atoms with Gasteiger partial charge in [0.2, 0.25) is 0 Å². The third-order valence-corrected chi connectivity index (χ3v) is 3.17. The summed E-state index contributed by atoms with van der Waals surface area (Å²) in [6.45, 7) is 3.34. The van der Waals surface area contributed by atoms with Crippen LogP contribution in [0, 0.1) is 6.92 Å². The van der Waals surface area contributed by atoms with E-state index in [1.165, 1.54) is 5.56 Å². The SMILES string of the molecule is Cc1ccc2ncc(CNc3cnn(CCO)c3)n2c1. The molecule has 6 heteroatoms. The fourth-order valence-corrected chi connectivity index (χ4v) is 2.14. The van der Waals surface area contributed by atoms with Gasteiger partial charge in [-0.25, -0.2) is 4.98 Å². The van der Waals surface area contributed by atoms with Gasteiger partial charge in [-0.2, -0.15) is 5.10 Å². The van der Waals surface area contributed by atoms with Crippen molar-refractivity contribution in [3.8, 4) is 0 Å². The summed E-state index contributed by atoms with van der Waals surface area (Å²) in [5.41, 5.74) is 4.18. The number of imidazole rings is 1. The van der Waals surface area contributed by atoms with Crippen LogP contribution in [0.2, 0.25) is 0 Å². The molecule has 0 aliphatic rings. The molecular formula is C14H17N5O. The minimum Gasteiger partial charge on any atom is -0.394 e. The van der Waals surface area contributed by atoms with Crippen molar-refractivity contribution < 1.29 is 5.11 Å². The first-order chi connectivity index (χ1) is 9.76. The molecule has 0 amide bonds. The molecule has 0 radical (unpaired) electrons. The van der Waals surface area contributed by atoms with Crippen molar-refractivity contribution in [2.45, 2.75) is 20.0 Å². The quantitative estimate of drug-likeness (QED) is 0.737. The number of nitrogens with zero attached hydrogens (tertiary/aromatic N) is 4. The molecule has 0 atom stereocenters. The Hall–Kier alpha value is -2.34. The van der Waals surface area contributed by atoms with Gasteiger partial charge in [0.05, 0.1) is 43.5 Å². The number of rotatable bonds is 5. The van der Waals surface area contributed by atoms with Crippen LogP contribution < -0.4 is 5.32 Å². The van der Waals surface area contributed by atoms with Gasteiger partial charge in [0.15, 0.2) is 0 Å². The number of hydrogen-bond donors (Lipinski definition) is 2. The Bertz CT molecular complexity index is 715. The smallest absolute Gasteiger partial charge is 0.136 e. The predicted octanol–water partition coefficient (Wildman–Crippen LogP) is 1.44. The van der Waals surface area contributed by atoms with Gasteiger partial charge in [-0.3, -0.25) is 4.68 Å². The van der Waals surface area contributed by atoms with Crippen LogP contribution in [0.4, 0.5) is 5.69 Å². The van der Waals surface area contributed by atoms with E-state index in [1.807, 2.05) is 18.5 Å². The number of hydrogen-bond acceptors (Lipinski definition) is 4. The van der Waals surface area contributed by atoms with Crippen molar-refractivity contribution in [2.24, 2.45) is 0 Å². The Morgan fingerprint density at radius 1 is 1.25 bits per heavy atom. The molecule has 2 N–H and O–H groups in total. The van der Waals surface area contributed by atoms with Crippen molar-refractivity contribution >= 4 is 11.3 Å². The van der Waals surface area contributed by atoms with E-state index < -0.39 is 0 Å². The number of aryl methyl sites for hydroxylation is 1. The maximum absolute atomic E-state index is 8.86. The normalized spacial score (nSPS) is 11.1. The zero-order valence-electron chi connectivity index (χ0n) is 11.3. The van der Waals surface area contributed by atoms with Crippen LogP contribution >= 0.6 is 0 Å². The van der Waals surface area contributed by atoms with Crippen LogP contribution in [0.1, 0.15) is 11.3 Å². The Morgan fingerprint density at radius 2 is 2.15 bits per heavy atom. The standard InChI is InChI=1S/C14H17N5O/c1-11-2-3-14-16-8-13(19(14)9-11)7-15-12-6-17-18(10-12)4-5-20/h2-3,6,8-10,15,20H,4-5,7H2,1H3. The third kappa shape index (κ3) is 2.50. The molecule has 104 valence electrons. The van der Waals surface area contributed by atoms with Gasteiger partial charge < -0.3 is 14.8 Å². The zero-order chi connectivity index (χ0) is 13.9. The third-order valence-electron chi connectivity index (χ3n) is 3.17. The summed E-state index contributed by atoms with van der Waals surface area (Å²) in [6.07, 6.45) is 7.59. The zero-order valence-corrected chi connectivity index (χ0v) is 11.3. The first-order valence-corrected chi connectivity index (χ1v) is 6.56. The molecule has 20 heavy (non-hydrogen) atoms. The number of pyridine rings is 1. The van der Waals surface area contributed by atoms with E-state index in [-0.39, 0.29) is 6.61 Å². The number of aromatic nitrogens is 4. The van der Waals surface area contributed by atoms with Crippen molar-refractivity contribution in [3.05, 3.63) is 48.2 Å². The molecule has 6 nitrogen and oxygen atoms in total. The number of anilines is 1. The minimum absolute atomic E-state index is 0.0909. The van der Waals surface area contributed by atoms with Crippen LogP contribution in [-0.4, -0.2) is 30.9 Å². The van der Waals surface area contributed by atoms with Gasteiger partial charge in [-0.05, 0) is 18.6 Å². The topological polar surface area (TPSA) is 67.4 Å². The molecule has 0 spiro atoms. The Morgan fingerprint density at radius 3 is 3.00 bits per heavy atom. The van der Waals surface area contributed by atoms with Gasteiger partial charge in [-0.15, -0.1) is 0 Å². The Labute approximate surface area is 116 Å². The van der Waals surface area contributed by atoms with E-state index in [4.69, 9.17) is 5.11 Å². The second kappa shape index (κ2) is 5.34. The number of nitrogens with one attached hydrogen (secondary N) is 1. The first kappa shape index (κ1) is 12.7. The summed E-state index contributed by atoms with van der Waals surface area (Å²) in [6, 6.07) is 4.07. The molecule has 0 fully saturated rings. The summed E-state index contributed by atoms with van der Waals surface area (Å²) in [5.74, 6) is 0. The summed E-state index contributed by atoms with van der Waals surface area (Å²) in [7, 11) is 0. The lowest BCUT2D eigenvalue weighted by Gasteiger charge is -2.04. The molecule has 0 aromatic carbocycles. The maximum Gasteiger partial charge on any atom is 0.136 e. The molecule has 0 aliphatic heterocycles. The van der Waals surface area contributed by atoms with E-state index in [9.17, 15) is 0 Å². The lowest BCUT2D eigenvalue weighted by atomic mass is 10.3. The van der Waals surface area contributed by atoms with Gasteiger partial charge in [0.25, 0.3) is 0 Å². The van der Waals surface area contributed by atoms with Gasteiger partial charge in [-0.1, -0.05) is 6.07 Å². The molecule has 3 aromatic heterocycles. The predicted molar refractivity (Wildman–Crippen MR) is 76.6 cm³/mol. The van der Waals surface area contributed by atoms with Crippen molar-refractivity contribution in [2.75, 3.05) is 11.9 Å². The molecule has 0 unspecified atom stereocenters. The summed E-state index contributed by atoms with van der Waals surface area (Å²) >= 11 is 0. The molecule has 0 saturated carbocycles. The van der Waals surface area contributed by atoms with E-state index in [2.05, 4.69) is 39.0 Å². The number of fused-ring (bicyclic) bond motifs is 1. The van der Waals surface area contributed by atoms with E-state index in [1.54, 1.807) is 10.9 Å². The summed E-state index contributed by atoms with van der Waals surface area (Å²) < 4.78 is 3.79. The van der Waals surface area contributed by atoms with E-state index in [0.29, 0.717) is 13.1 Å². The van der Waals surface area contributed by atoms with Crippen LogP contribution in [0.5, 0.6) is 0 Å². The van der Waals surface area contributed by atoms with Crippen LogP contribution in [-0.2, 0) is 13.1 Å². The average molecular weight is 271 g/mol. The largest absolute Gasteiger partial charge is 0.394 e. The highest BCUT2D eigenvalue weighted by Crippen LogP contribution is 2.11. The average Bonchev–Trinajstić information content (AvgIpc) is 3.03. The molecule has 0 bridgehead atoms. The lowest BCUT2D eigenvalue weighted by molar-refractivity contribution is 0.269. The molecule has 3 aromatic rings. The highest BCUT2D eigenvalue weighted by molar-refractivity contribution is 5.43. The van der Waals surface area contributed by atoms with Crippen molar-refractivity contribution in [1.82, 2.24) is 19.2 Å². The minimum atomic E-state index is 0.0909. The second-order valence-electron chi connectivity index (χ2n) is 4.75. The Balaban J connectivity index is 1.74. The fraction of sp³-hybridized carbons (Fsp3) is 0.286. The first-order valence-electron chi connectivity index (χ1n) is 6.56. The van der Waals surface area contributed by atoms with Gasteiger partial charge in [0.1, 0.15) is 5.65 Å². The van der Waals surface area contributed by atoms with Gasteiger partial charge in [0, 0.05) is 12.4 Å². The molecule has 3 heterocycles. The van der Waals surface area contributed by atoms with Crippen LogP contribution in [0.3, 0.4) is 0 Å². The molecule has 3 rings (SSSR count). The molecular weight excluding hydrogens is 254 g/mol. The molecule has 0 saturated heterocycles. The number of aliphatic hydroxyl groups is 1. The summed E-state index contributed by atoms with van der Waals surface area (Å²) in [4.78, 5) is 4.38. The van der Waals surface area contributed by atoms with Crippen molar-refractivity contribution in [3.63, 3.8) is 0 Å². The fourth-order valence-electron chi connectivity index (χ4n) is 2.14. The molecule has 0 aliphatic carbocycles. The highest BCUT2D eigenvalue weighted by atomic mass is 16.3. The highest BCUT2D eigenvalue weighted by Gasteiger charge is 2.04. The van der Waals surface area contributed by atoms with Crippen LogP contribution in [0.25, 0.3) is 5.65 Å². The summed E-state index contributed by atoms with van der Waals surface area (Å²) in [5, 5.41) is 16.3. The van der Waals surface area contributed by atoms with Gasteiger partial charge >= 0.3 is 0 Å². The second-order valence-corrected chi connectivity index (χ2v) is 4.75. The van der Waals surface area contributed by atoms with Crippen molar-refractivity contribution in [1.29, 1.82) is 0 Å². The van der Waals surface area contributed by atoms with E-state index in [0.717, 1.165) is 17.0 Å². The van der Waals surface area contributed by atoms with E-state index >= 15 is 0 Å². The maximum atomic E-state index is 8.86. The Kier molecular flexibility index (Phi) is 3.39. The number of aliphatic hydroxyl groups excluding tert-OH is 1. The monoisotopic (exact) mass is 271 g/mol. The van der Waals surface area contributed by atoms with Crippen LogP contribution in [0.15, 0.2) is 36.9 Å². The lowest BCUT2D eigenvalue weighted by Crippen LogP contribution is -2.03.